The highest BCUT2D eigenvalue weighted by Crippen LogP contribution is 2.21. The van der Waals surface area contributed by atoms with Crippen molar-refractivity contribution in [2.24, 2.45) is 0 Å². The van der Waals surface area contributed by atoms with Gasteiger partial charge < -0.3 is 0 Å². The molecule has 17 heavy (non-hydrogen) atoms. The van der Waals surface area contributed by atoms with Crippen molar-refractivity contribution >= 4 is 34.8 Å². The Labute approximate surface area is 113 Å². The van der Waals surface area contributed by atoms with Crippen molar-refractivity contribution in [3.05, 3.63) is 61.7 Å². The molecule has 0 saturated heterocycles. The summed E-state index contributed by atoms with van der Waals surface area (Å²) in [5.74, 6) is 0. The number of benzene rings is 1. The van der Waals surface area contributed by atoms with E-state index >= 15 is 0 Å². The number of rotatable bonds is 2. The van der Waals surface area contributed by atoms with Gasteiger partial charge in [0.05, 0.1) is 12.9 Å². The van der Waals surface area contributed by atoms with E-state index < -0.39 is 0 Å². The van der Waals surface area contributed by atoms with E-state index in [4.69, 9.17) is 34.8 Å². The minimum absolute atomic E-state index is 0.174. The van der Waals surface area contributed by atoms with Gasteiger partial charge in [0, 0.05) is 16.1 Å². The Morgan fingerprint density at radius 1 is 1.18 bits per heavy atom. The molecule has 1 aromatic heterocycles. The first-order chi connectivity index (χ1) is 8.06. The van der Waals surface area contributed by atoms with E-state index in [1.165, 1.54) is 17.0 Å². The van der Waals surface area contributed by atoms with Gasteiger partial charge in [0.1, 0.15) is 5.15 Å². The van der Waals surface area contributed by atoms with Crippen molar-refractivity contribution in [2.75, 3.05) is 0 Å². The van der Waals surface area contributed by atoms with Crippen molar-refractivity contribution in [1.82, 2.24) is 9.55 Å². The van der Waals surface area contributed by atoms with Crippen LogP contribution >= 0.6 is 34.8 Å². The molecule has 0 N–H and O–H groups in total. The molecule has 0 aliphatic carbocycles. The molecule has 0 aliphatic rings. The zero-order valence-corrected chi connectivity index (χ0v) is 10.8. The summed E-state index contributed by atoms with van der Waals surface area (Å²) in [4.78, 5) is 15.4. The molecule has 1 heterocycles. The summed E-state index contributed by atoms with van der Waals surface area (Å²) in [7, 11) is 0. The largest absolute Gasteiger partial charge is 0.295 e. The molecule has 0 amide bonds. The van der Waals surface area contributed by atoms with Crippen LogP contribution in [-0.4, -0.2) is 9.55 Å². The summed E-state index contributed by atoms with van der Waals surface area (Å²) in [6, 6.07) is 6.38. The lowest BCUT2D eigenvalue weighted by atomic mass is 10.2. The molecule has 2 aromatic rings. The second kappa shape index (κ2) is 5.08. The Balaban J connectivity index is 2.35. The molecule has 0 unspecified atom stereocenters. The van der Waals surface area contributed by atoms with Crippen LogP contribution in [0.5, 0.6) is 0 Å². The fourth-order valence-corrected chi connectivity index (χ4v) is 1.96. The van der Waals surface area contributed by atoms with E-state index in [2.05, 4.69) is 4.98 Å². The lowest BCUT2D eigenvalue weighted by Crippen LogP contribution is -2.20. The molecule has 0 atom stereocenters. The topological polar surface area (TPSA) is 34.9 Å². The number of hydrogen-bond donors (Lipinski definition) is 0. The van der Waals surface area contributed by atoms with Crippen LogP contribution in [0, 0.1) is 0 Å². The number of nitrogens with zero attached hydrogens (tertiary/aromatic N) is 2. The molecule has 0 radical (unpaired) electrons. The highest BCUT2D eigenvalue weighted by molar-refractivity contribution is 6.35. The highest BCUT2D eigenvalue weighted by Gasteiger charge is 2.04. The maximum absolute atomic E-state index is 11.6. The summed E-state index contributed by atoms with van der Waals surface area (Å²) >= 11 is 17.4. The molecule has 88 valence electrons. The predicted octanol–water partition coefficient (Wildman–Crippen LogP) is 3.25. The van der Waals surface area contributed by atoms with Crippen LogP contribution in [0.4, 0.5) is 0 Å². The molecule has 1 aromatic carbocycles. The van der Waals surface area contributed by atoms with Crippen molar-refractivity contribution in [3.8, 4) is 0 Å². The van der Waals surface area contributed by atoms with Crippen LogP contribution in [0.1, 0.15) is 5.56 Å². The zero-order chi connectivity index (χ0) is 12.4. The fourth-order valence-electron chi connectivity index (χ4n) is 1.36. The summed E-state index contributed by atoms with van der Waals surface area (Å²) in [6.45, 7) is 0.332. The second-order valence-corrected chi connectivity index (χ2v) is 4.64. The van der Waals surface area contributed by atoms with Gasteiger partial charge in [-0.2, -0.15) is 0 Å². The average Bonchev–Trinajstić information content (AvgIpc) is 2.25. The monoisotopic (exact) mass is 288 g/mol. The molecule has 2 rings (SSSR count). The van der Waals surface area contributed by atoms with Crippen LogP contribution < -0.4 is 5.56 Å². The van der Waals surface area contributed by atoms with Crippen LogP contribution in [0.25, 0.3) is 0 Å². The first-order valence-corrected chi connectivity index (χ1v) is 5.85. The summed E-state index contributed by atoms with van der Waals surface area (Å²) in [6.07, 6.45) is 1.38. The number of halogens is 3. The third kappa shape index (κ3) is 3.00. The maximum atomic E-state index is 11.6. The van der Waals surface area contributed by atoms with E-state index in [1.54, 1.807) is 18.2 Å². The standard InChI is InChI=1S/C11H7Cl3N2O/c12-8-2-1-7(9(13)3-8)5-16-6-15-10(14)4-11(16)17/h1-4,6H,5H2. The molecule has 0 bridgehead atoms. The molecular formula is C11H7Cl3N2O. The van der Waals surface area contributed by atoms with Gasteiger partial charge >= 0.3 is 0 Å². The Kier molecular flexibility index (Phi) is 3.72. The van der Waals surface area contributed by atoms with E-state index in [0.717, 1.165) is 5.56 Å². The molecule has 0 fully saturated rings. The minimum Gasteiger partial charge on any atom is -0.295 e. The summed E-state index contributed by atoms with van der Waals surface area (Å²) in [5.41, 5.74) is 0.568. The van der Waals surface area contributed by atoms with E-state index in [1.807, 2.05) is 0 Å². The van der Waals surface area contributed by atoms with E-state index in [9.17, 15) is 4.79 Å². The predicted molar refractivity (Wildman–Crippen MR) is 69.1 cm³/mol. The van der Waals surface area contributed by atoms with Crippen LogP contribution in [0.3, 0.4) is 0 Å². The molecule has 0 aliphatic heterocycles. The van der Waals surface area contributed by atoms with Crippen molar-refractivity contribution in [2.45, 2.75) is 6.54 Å². The quantitative estimate of drug-likeness (QED) is 0.796. The smallest absolute Gasteiger partial charge is 0.255 e. The Morgan fingerprint density at radius 3 is 2.59 bits per heavy atom. The SMILES string of the molecule is O=c1cc(Cl)ncn1Cc1ccc(Cl)cc1Cl. The van der Waals surface area contributed by atoms with Gasteiger partial charge in [-0.25, -0.2) is 4.98 Å². The zero-order valence-electron chi connectivity index (χ0n) is 8.53. The molecule has 0 spiro atoms. The maximum Gasteiger partial charge on any atom is 0.255 e. The minimum atomic E-state index is -0.226. The second-order valence-electron chi connectivity index (χ2n) is 3.41. The third-order valence-corrected chi connectivity index (χ3v) is 3.00. The van der Waals surface area contributed by atoms with Crippen LogP contribution in [0.15, 0.2) is 35.4 Å². The number of aromatic nitrogens is 2. The average molecular weight is 290 g/mol. The lowest BCUT2D eigenvalue weighted by molar-refractivity contribution is 0.736. The summed E-state index contributed by atoms with van der Waals surface area (Å²) < 4.78 is 1.42. The van der Waals surface area contributed by atoms with E-state index in [-0.39, 0.29) is 10.7 Å². The van der Waals surface area contributed by atoms with Gasteiger partial charge in [0.2, 0.25) is 0 Å². The van der Waals surface area contributed by atoms with Crippen molar-refractivity contribution < 1.29 is 0 Å². The summed E-state index contributed by atoms with van der Waals surface area (Å²) in [5, 5.41) is 1.24. The first-order valence-electron chi connectivity index (χ1n) is 4.72. The van der Waals surface area contributed by atoms with Gasteiger partial charge in [-0.05, 0) is 17.7 Å². The lowest BCUT2D eigenvalue weighted by Gasteiger charge is -2.07. The molecular weight excluding hydrogens is 282 g/mol. The first kappa shape index (κ1) is 12.4. The van der Waals surface area contributed by atoms with Crippen LogP contribution in [-0.2, 0) is 6.54 Å². The Bertz CT molecular complexity index is 610. The highest BCUT2D eigenvalue weighted by atomic mass is 35.5. The normalized spacial score (nSPS) is 10.5. The van der Waals surface area contributed by atoms with Crippen molar-refractivity contribution in [3.63, 3.8) is 0 Å². The molecule has 6 heteroatoms. The van der Waals surface area contributed by atoms with Crippen molar-refractivity contribution in [1.29, 1.82) is 0 Å². The van der Waals surface area contributed by atoms with Gasteiger partial charge in [-0.3, -0.25) is 9.36 Å². The number of hydrogen-bond acceptors (Lipinski definition) is 2. The van der Waals surface area contributed by atoms with Gasteiger partial charge in [0.15, 0.2) is 0 Å². The van der Waals surface area contributed by atoms with Gasteiger partial charge in [-0.1, -0.05) is 40.9 Å². The molecule has 0 saturated carbocycles. The van der Waals surface area contributed by atoms with Gasteiger partial charge in [0.25, 0.3) is 5.56 Å². The third-order valence-electron chi connectivity index (χ3n) is 2.20. The molecule has 3 nitrogen and oxygen atoms in total. The fraction of sp³-hybridized carbons (Fsp3) is 0.0909. The Morgan fingerprint density at radius 2 is 1.94 bits per heavy atom. The van der Waals surface area contributed by atoms with Gasteiger partial charge in [-0.15, -0.1) is 0 Å². The van der Waals surface area contributed by atoms with Crippen LogP contribution in [0.2, 0.25) is 15.2 Å². The van der Waals surface area contributed by atoms with E-state index in [0.29, 0.717) is 16.6 Å². The Hall–Kier alpha value is -1.03.